The average molecular weight is 333 g/mol. The predicted molar refractivity (Wildman–Crippen MR) is 91.5 cm³/mol. The van der Waals surface area contributed by atoms with Crippen LogP contribution < -0.4 is 4.90 Å². The first-order valence-electron chi connectivity index (χ1n) is 7.80. The van der Waals surface area contributed by atoms with E-state index in [1.165, 1.54) is 0 Å². The number of piperidine rings is 1. The minimum atomic E-state index is -0.125. The molecule has 1 saturated heterocycles. The lowest BCUT2D eigenvalue weighted by atomic mass is 10.0. The zero-order valence-electron chi connectivity index (χ0n) is 13.4. The molecule has 0 bridgehead atoms. The summed E-state index contributed by atoms with van der Waals surface area (Å²) in [4.78, 5) is 16.8. The van der Waals surface area contributed by atoms with Crippen molar-refractivity contribution >= 4 is 23.2 Å². The topological polar surface area (TPSA) is 41.4 Å². The highest BCUT2D eigenvalue weighted by molar-refractivity contribution is 6.33. The molecule has 1 aromatic heterocycles. The number of benzene rings is 1. The van der Waals surface area contributed by atoms with Gasteiger partial charge in [-0.15, -0.1) is 0 Å². The van der Waals surface area contributed by atoms with Gasteiger partial charge in [0.05, 0.1) is 22.9 Å². The number of carbonyl (C=O) groups is 1. The van der Waals surface area contributed by atoms with Crippen LogP contribution in [0.25, 0.3) is 0 Å². The second kappa shape index (κ2) is 6.72. The Morgan fingerprint density at radius 3 is 2.87 bits per heavy atom. The molecule has 1 aromatic carbocycles. The number of halogens is 1. The number of anilines is 1. The molecule has 0 aliphatic carbocycles. The van der Waals surface area contributed by atoms with Crippen molar-refractivity contribution in [1.82, 2.24) is 14.7 Å². The average Bonchev–Trinajstić information content (AvgIpc) is 2.93. The summed E-state index contributed by atoms with van der Waals surface area (Å²) in [6, 6.07) is 7.40. The Labute approximate surface area is 141 Å². The molecule has 1 fully saturated rings. The largest absolute Gasteiger partial charge is 0.310 e. The molecule has 1 amide bonds. The minimum Gasteiger partial charge on any atom is -0.310 e. The highest BCUT2D eigenvalue weighted by Gasteiger charge is 2.33. The number of hydrogen-bond donors (Lipinski definition) is 0. The van der Waals surface area contributed by atoms with Gasteiger partial charge in [-0.1, -0.05) is 23.7 Å². The molecule has 0 radical (unpaired) electrons. The fourth-order valence-electron chi connectivity index (χ4n) is 3.13. The SMILES string of the molecule is CN(Cc1cnn(C)c1)[C@@H]1CCCN(c2ccccc2Cl)C1=O. The number of rotatable bonds is 4. The maximum absolute atomic E-state index is 12.9. The van der Waals surface area contributed by atoms with Crippen molar-refractivity contribution in [3.8, 4) is 0 Å². The van der Waals surface area contributed by atoms with E-state index < -0.39 is 0 Å². The fourth-order valence-corrected chi connectivity index (χ4v) is 3.36. The third kappa shape index (κ3) is 3.41. The Hall–Kier alpha value is -1.85. The van der Waals surface area contributed by atoms with E-state index in [-0.39, 0.29) is 11.9 Å². The molecule has 2 aromatic rings. The van der Waals surface area contributed by atoms with Gasteiger partial charge in [-0.2, -0.15) is 5.10 Å². The van der Waals surface area contributed by atoms with Crippen LogP contribution in [0.3, 0.4) is 0 Å². The molecule has 6 heteroatoms. The first kappa shape index (κ1) is 16.0. The Kier molecular flexibility index (Phi) is 4.68. The second-order valence-corrected chi connectivity index (χ2v) is 6.44. The molecular weight excluding hydrogens is 312 g/mol. The highest BCUT2D eigenvalue weighted by atomic mass is 35.5. The molecule has 0 N–H and O–H groups in total. The van der Waals surface area contributed by atoms with Gasteiger partial charge in [0.2, 0.25) is 5.91 Å². The van der Waals surface area contributed by atoms with Gasteiger partial charge in [0.15, 0.2) is 0 Å². The molecule has 5 nitrogen and oxygen atoms in total. The lowest BCUT2D eigenvalue weighted by Crippen LogP contribution is -2.51. The van der Waals surface area contributed by atoms with E-state index in [9.17, 15) is 4.79 Å². The van der Waals surface area contributed by atoms with E-state index in [2.05, 4.69) is 10.00 Å². The lowest BCUT2D eigenvalue weighted by molar-refractivity contribution is -0.125. The molecule has 1 atom stereocenters. The number of amides is 1. The minimum absolute atomic E-state index is 0.121. The van der Waals surface area contributed by atoms with Gasteiger partial charge in [-0.25, -0.2) is 0 Å². The molecule has 1 aliphatic heterocycles. The normalized spacial score (nSPS) is 18.7. The lowest BCUT2D eigenvalue weighted by Gasteiger charge is -2.37. The molecule has 0 saturated carbocycles. The number of carbonyl (C=O) groups excluding carboxylic acids is 1. The maximum Gasteiger partial charge on any atom is 0.244 e. The Bertz CT molecular complexity index is 699. The summed E-state index contributed by atoms with van der Waals surface area (Å²) >= 11 is 6.26. The van der Waals surface area contributed by atoms with E-state index >= 15 is 0 Å². The molecule has 3 rings (SSSR count). The van der Waals surface area contributed by atoms with Crippen LogP contribution in [0.5, 0.6) is 0 Å². The zero-order valence-corrected chi connectivity index (χ0v) is 14.2. The predicted octanol–water partition coefficient (Wildman–Crippen LogP) is 2.70. The summed E-state index contributed by atoms with van der Waals surface area (Å²) < 4.78 is 1.78. The van der Waals surface area contributed by atoms with Crippen LogP contribution in [-0.2, 0) is 18.4 Å². The summed E-state index contributed by atoms with van der Waals surface area (Å²) in [6.07, 6.45) is 5.67. The van der Waals surface area contributed by atoms with Gasteiger partial charge in [0.1, 0.15) is 0 Å². The zero-order chi connectivity index (χ0) is 16.4. The van der Waals surface area contributed by atoms with Crippen molar-refractivity contribution in [2.24, 2.45) is 7.05 Å². The summed E-state index contributed by atoms with van der Waals surface area (Å²) in [7, 11) is 3.89. The Balaban J connectivity index is 1.75. The summed E-state index contributed by atoms with van der Waals surface area (Å²) in [5, 5.41) is 4.81. The van der Waals surface area contributed by atoms with Gasteiger partial charge >= 0.3 is 0 Å². The van der Waals surface area contributed by atoms with Crippen molar-refractivity contribution in [2.75, 3.05) is 18.5 Å². The van der Waals surface area contributed by atoms with Crippen LogP contribution in [0.15, 0.2) is 36.7 Å². The number of nitrogens with zero attached hydrogens (tertiary/aromatic N) is 4. The molecule has 0 spiro atoms. The third-order valence-corrected chi connectivity index (χ3v) is 4.60. The van der Waals surface area contributed by atoms with Crippen molar-refractivity contribution in [2.45, 2.75) is 25.4 Å². The van der Waals surface area contributed by atoms with Crippen molar-refractivity contribution < 1.29 is 4.79 Å². The van der Waals surface area contributed by atoms with Gasteiger partial charge in [-0.3, -0.25) is 14.4 Å². The van der Waals surface area contributed by atoms with E-state index in [0.717, 1.165) is 30.6 Å². The molecule has 0 unspecified atom stereocenters. The van der Waals surface area contributed by atoms with Crippen molar-refractivity contribution in [3.05, 3.63) is 47.2 Å². The maximum atomic E-state index is 12.9. The number of para-hydroxylation sites is 1. The van der Waals surface area contributed by atoms with E-state index in [1.807, 2.05) is 55.7 Å². The number of aromatic nitrogens is 2. The van der Waals surface area contributed by atoms with E-state index in [1.54, 1.807) is 4.68 Å². The van der Waals surface area contributed by atoms with Crippen LogP contribution in [0.4, 0.5) is 5.69 Å². The van der Waals surface area contributed by atoms with Gasteiger partial charge in [-0.05, 0) is 32.0 Å². The molecule has 1 aliphatic rings. The monoisotopic (exact) mass is 332 g/mol. The van der Waals surface area contributed by atoms with Crippen LogP contribution in [0.2, 0.25) is 5.02 Å². The van der Waals surface area contributed by atoms with Crippen molar-refractivity contribution in [1.29, 1.82) is 0 Å². The van der Waals surface area contributed by atoms with E-state index in [0.29, 0.717) is 11.6 Å². The molecule has 2 heterocycles. The smallest absolute Gasteiger partial charge is 0.244 e. The second-order valence-electron chi connectivity index (χ2n) is 6.04. The fraction of sp³-hybridized carbons (Fsp3) is 0.412. The van der Waals surface area contributed by atoms with Gasteiger partial charge in [0.25, 0.3) is 0 Å². The summed E-state index contributed by atoms with van der Waals surface area (Å²) in [5.74, 6) is 0.121. The quantitative estimate of drug-likeness (QED) is 0.864. The number of aryl methyl sites for hydroxylation is 1. The first-order chi connectivity index (χ1) is 11.1. The Morgan fingerprint density at radius 1 is 1.39 bits per heavy atom. The summed E-state index contributed by atoms with van der Waals surface area (Å²) in [5.41, 5.74) is 1.91. The number of hydrogen-bond acceptors (Lipinski definition) is 3. The van der Waals surface area contributed by atoms with Gasteiger partial charge in [0, 0.05) is 31.9 Å². The third-order valence-electron chi connectivity index (χ3n) is 4.28. The van der Waals surface area contributed by atoms with Crippen LogP contribution in [0.1, 0.15) is 18.4 Å². The number of likely N-dealkylation sites (N-methyl/N-ethyl adjacent to an activating group) is 1. The Morgan fingerprint density at radius 2 is 2.17 bits per heavy atom. The van der Waals surface area contributed by atoms with E-state index in [4.69, 9.17) is 11.6 Å². The first-order valence-corrected chi connectivity index (χ1v) is 8.17. The standard InChI is InChI=1S/C17H21ClN4O/c1-20(11-13-10-19-21(2)12-13)16-8-5-9-22(17(16)23)15-7-4-3-6-14(15)18/h3-4,6-7,10,12,16H,5,8-9,11H2,1-2H3/t16-/m1/s1. The van der Waals surface area contributed by atoms with Crippen LogP contribution >= 0.6 is 11.6 Å². The van der Waals surface area contributed by atoms with Crippen molar-refractivity contribution in [3.63, 3.8) is 0 Å². The summed E-state index contributed by atoms with van der Waals surface area (Å²) in [6.45, 7) is 1.43. The highest BCUT2D eigenvalue weighted by Crippen LogP contribution is 2.29. The molecule has 122 valence electrons. The van der Waals surface area contributed by atoms with Crippen LogP contribution in [0, 0.1) is 0 Å². The molecular formula is C17H21ClN4O. The van der Waals surface area contributed by atoms with Gasteiger partial charge < -0.3 is 4.90 Å². The van der Waals surface area contributed by atoms with Crippen LogP contribution in [-0.4, -0.2) is 40.2 Å². The molecule has 23 heavy (non-hydrogen) atoms.